The average Bonchev–Trinajstić information content (AvgIpc) is 2.74. The van der Waals surface area contributed by atoms with Crippen LogP contribution in [0.25, 0.3) is 11.1 Å². The predicted octanol–water partition coefficient (Wildman–Crippen LogP) is 3.24. The molecule has 1 aliphatic heterocycles. The molecule has 0 radical (unpaired) electrons. The van der Waals surface area contributed by atoms with Gasteiger partial charge >= 0.3 is 5.97 Å². The third kappa shape index (κ3) is 5.67. The molecule has 0 unspecified atom stereocenters. The first-order valence-corrected chi connectivity index (χ1v) is 9.95. The number of hydrogen-bond donors (Lipinski definition) is 1. The first-order valence-electron chi connectivity index (χ1n) is 9.95. The maximum atomic E-state index is 12.5. The second-order valence-electron chi connectivity index (χ2n) is 7.14. The number of esters is 1. The third-order valence-corrected chi connectivity index (χ3v) is 5.14. The molecule has 3 rings (SSSR count). The minimum Gasteiger partial charge on any atom is -0.465 e. The van der Waals surface area contributed by atoms with E-state index in [0.29, 0.717) is 19.7 Å². The zero-order valence-corrected chi connectivity index (χ0v) is 16.4. The fourth-order valence-electron chi connectivity index (χ4n) is 3.52. The number of piperidine rings is 1. The van der Waals surface area contributed by atoms with Gasteiger partial charge in [0, 0.05) is 12.5 Å². The number of hydrogen-bond acceptors (Lipinski definition) is 4. The number of nitrogens with one attached hydrogen (secondary N) is 1. The van der Waals surface area contributed by atoms with Crippen LogP contribution in [-0.4, -0.2) is 43.0 Å². The van der Waals surface area contributed by atoms with E-state index in [1.54, 1.807) is 0 Å². The van der Waals surface area contributed by atoms with Gasteiger partial charge in [0.1, 0.15) is 0 Å². The van der Waals surface area contributed by atoms with Crippen LogP contribution in [0, 0.1) is 5.92 Å². The number of amides is 1. The Morgan fingerprint density at radius 1 is 1.00 bits per heavy atom. The van der Waals surface area contributed by atoms with Gasteiger partial charge in [0.15, 0.2) is 0 Å². The fourth-order valence-corrected chi connectivity index (χ4v) is 3.52. The van der Waals surface area contributed by atoms with Crippen molar-refractivity contribution in [3.8, 4) is 11.1 Å². The summed E-state index contributed by atoms with van der Waals surface area (Å²) in [5.41, 5.74) is 3.45. The van der Waals surface area contributed by atoms with Gasteiger partial charge in [0.05, 0.1) is 13.2 Å². The summed E-state index contributed by atoms with van der Waals surface area (Å²) in [7, 11) is 0. The van der Waals surface area contributed by atoms with Crippen LogP contribution >= 0.6 is 0 Å². The zero-order valence-electron chi connectivity index (χ0n) is 16.4. The second-order valence-corrected chi connectivity index (χ2v) is 7.14. The Morgan fingerprint density at radius 3 is 2.29 bits per heavy atom. The predicted molar refractivity (Wildman–Crippen MR) is 110 cm³/mol. The van der Waals surface area contributed by atoms with E-state index in [1.165, 1.54) is 11.1 Å². The lowest BCUT2D eigenvalue weighted by Gasteiger charge is -2.30. The largest absolute Gasteiger partial charge is 0.465 e. The molecule has 0 spiro atoms. The molecule has 1 saturated heterocycles. The Balaban J connectivity index is 1.43. The van der Waals surface area contributed by atoms with Crippen LogP contribution in [0.3, 0.4) is 0 Å². The molecule has 5 heteroatoms. The minimum absolute atomic E-state index is 0.0158. The van der Waals surface area contributed by atoms with Crippen molar-refractivity contribution in [3.63, 3.8) is 0 Å². The molecule has 0 atom stereocenters. The van der Waals surface area contributed by atoms with Gasteiger partial charge in [-0.25, -0.2) is 0 Å². The first-order chi connectivity index (χ1) is 13.7. The van der Waals surface area contributed by atoms with Crippen molar-refractivity contribution in [2.45, 2.75) is 26.3 Å². The van der Waals surface area contributed by atoms with Gasteiger partial charge in [-0.1, -0.05) is 54.6 Å². The number of ether oxygens (including phenoxy) is 1. The molecule has 0 bridgehead atoms. The van der Waals surface area contributed by atoms with Gasteiger partial charge in [-0.05, 0) is 49.5 Å². The van der Waals surface area contributed by atoms with E-state index in [-0.39, 0.29) is 17.8 Å². The summed E-state index contributed by atoms with van der Waals surface area (Å²) in [5.74, 6) is -0.0747. The topological polar surface area (TPSA) is 58.6 Å². The first kappa shape index (κ1) is 20.1. The molecular weight excluding hydrogens is 352 g/mol. The molecule has 1 fully saturated rings. The van der Waals surface area contributed by atoms with Gasteiger partial charge in [-0.3, -0.25) is 14.5 Å². The van der Waals surface area contributed by atoms with Crippen molar-refractivity contribution in [1.82, 2.24) is 10.2 Å². The molecule has 5 nitrogen and oxygen atoms in total. The van der Waals surface area contributed by atoms with Crippen molar-refractivity contribution < 1.29 is 14.3 Å². The van der Waals surface area contributed by atoms with E-state index >= 15 is 0 Å². The highest BCUT2D eigenvalue weighted by Crippen LogP contribution is 2.20. The molecule has 0 aliphatic carbocycles. The van der Waals surface area contributed by atoms with Crippen LogP contribution in [0.15, 0.2) is 54.6 Å². The standard InChI is InChI=1S/C23H28N2O3/c1-2-28-22(26)17-25-14-12-21(13-15-25)23(27)24-16-18-8-10-20(11-9-18)19-6-4-3-5-7-19/h3-11,21H,2,12-17H2,1H3,(H,24,27). The summed E-state index contributed by atoms with van der Waals surface area (Å²) >= 11 is 0. The van der Waals surface area contributed by atoms with Gasteiger partial charge in [-0.2, -0.15) is 0 Å². The Morgan fingerprint density at radius 2 is 1.64 bits per heavy atom. The van der Waals surface area contributed by atoms with E-state index in [4.69, 9.17) is 4.74 Å². The van der Waals surface area contributed by atoms with Crippen molar-refractivity contribution >= 4 is 11.9 Å². The summed E-state index contributed by atoms with van der Waals surface area (Å²) in [5, 5.41) is 3.05. The number of carbonyl (C=O) groups excluding carboxylic acids is 2. The highest BCUT2D eigenvalue weighted by atomic mass is 16.5. The molecule has 28 heavy (non-hydrogen) atoms. The van der Waals surface area contributed by atoms with Crippen LogP contribution < -0.4 is 5.32 Å². The van der Waals surface area contributed by atoms with E-state index < -0.39 is 0 Å². The lowest BCUT2D eigenvalue weighted by Crippen LogP contribution is -2.42. The molecule has 148 valence electrons. The minimum atomic E-state index is -0.190. The molecule has 0 aromatic heterocycles. The van der Waals surface area contributed by atoms with Crippen molar-refractivity contribution in [3.05, 3.63) is 60.2 Å². The Labute approximate surface area is 166 Å². The lowest BCUT2D eigenvalue weighted by atomic mass is 9.96. The van der Waals surface area contributed by atoms with Crippen LogP contribution in [0.4, 0.5) is 0 Å². The summed E-state index contributed by atoms with van der Waals surface area (Å²) < 4.78 is 4.98. The molecule has 2 aromatic carbocycles. The molecular formula is C23H28N2O3. The van der Waals surface area contributed by atoms with Crippen LogP contribution in [0.1, 0.15) is 25.3 Å². The Bertz CT molecular complexity index is 766. The number of rotatable bonds is 7. The number of carbonyl (C=O) groups is 2. The van der Waals surface area contributed by atoms with E-state index in [9.17, 15) is 9.59 Å². The van der Waals surface area contributed by atoms with Crippen molar-refractivity contribution in [2.75, 3.05) is 26.2 Å². The fraction of sp³-hybridized carbons (Fsp3) is 0.391. The van der Waals surface area contributed by atoms with Crippen LogP contribution in [0.2, 0.25) is 0 Å². The van der Waals surface area contributed by atoms with E-state index in [0.717, 1.165) is 31.5 Å². The quantitative estimate of drug-likeness (QED) is 0.749. The monoisotopic (exact) mass is 380 g/mol. The van der Waals surface area contributed by atoms with Gasteiger partial charge in [0.25, 0.3) is 0 Å². The summed E-state index contributed by atoms with van der Waals surface area (Å²) in [6.07, 6.45) is 1.55. The molecule has 1 amide bonds. The van der Waals surface area contributed by atoms with Crippen molar-refractivity contribution in [1.29, 1.82) is 0 Å². The summed E-state index contributed by atoms with van der Waals surface area (Å²) in [6.45, 7) is 4.58. The number of benzene rings is 2. The molecule has 0 saturated carbocycles. The van der Waals surface area contributed by atoms with Crippen LogP contribution in [-0.2, 0) is 20.9 Å². The summed E-state index contributed by atoms with van der Waals surface area (Å²) in [4.78, 5) is 26.1. The van der Waals surface area contributed by atoms with Gasteiger partial charge in [-0.15, -0.1) is 0 Å². The third-order valence-electron chi connectivity index (χ3n) is 5.14. The molecule has 1 N–H and O–H groups in total. The maximum Gasteiger partial charge on any atom is 0.320 e. The Hall–Kier alpha value is -2.66. The highest BCUT2D eigenvalue weighted by Gasteiger charge is 2.25. The lowest BCUT2D eigenvalue weighted by molar-refractivity contribution is -0.144. The number of nitrogens with zero attached hydrogens (tertiary/aromatic N) is 1. The normalized spacial score (nSPS) is 15.2. The average molecular weight is 380 g/mol. The molecule has 1 heterocycles. The molecule has 2 aromatic rings. The van der Waals surface area contributed by atoms with Gasteiger partial charge in [0.2, 0.25) is 5.91 Å². The smallest absolute Gasteiger partial charge is 0.320 e. The highest BCUT2D eigenvalue weighted by molar-refractivity contribution is 5.79. The second kappa shape index (κ2) is 10.0. The van der Waals surface area contributed by atoms with E-state index in [1.807, 2.05) is 25.1 Å². The van der Waals surface area contributed by atoms with Crippen LogP contribution in [0.5, 0.6) is 0 Å². The zero-order chi connectivity index (χ0) is 19.8. The van der Waals surface area contributed by atoms with Gasteiger partial charge < -0.3 is 10.1 Å². The number of likely N-dealkylation sites (tertiary alicyclic amines) is 1. The Kier molecular flexibility index (Phi) is 7.20. The van der Waals surface area contributed by atoms with E-state index in [2.05, 4.69) is 46.6 Å². The summed E-state index contributed by atoms with van der Waals surface area (Å²) in [6, 6.07) is 18.5. The van der Waals surface area contributed by atoms with Crippen molar-refractivity contribution in [2.24, 2.45) is 5.92 Å². The SMILES string of the molecule is CCOC(=O)CN1CCC(C(=O)NCc2ccc(-c3ccccc3)cc2)CC1. The maximum absolute atomic E-state index is 12.5. The molecule has 1 aliphatic rings.